The molecule has 0 radical (unpaired) electrons. The van der Waals surface area contributed by atoms with Crippen molar-refractivity contribution >= 4 is 11.6 Å². The minimum Gasteiger partial charge on any atom is -0.302 e. The molecule has 1 atom stereocenters. The highest BCUT2D eigenvalue weighted by Crippen LogP contribution is 2.25. The molecule has 0 N–H and O–H groups in total. The lowest BCUT2D eigenvalue weighted by Crippen LogP contribution is -2.23. The fraction of sp³-hybridized carbons (Fsp3) is 0.538. The lowest BCUT2D eigenvalue weighted by Gasteiger charge is -2.19. The summed E-state index contributed by atoms with van der Waals surface area (Å²) < 4.78 is 13.1. The second-order valence-electron chi connectivity index (χ2n) is 4.48. The van der Waals surface area contributed by atoms with Gasteiger partial charge in [0.1, 0.15) is 5.82 Å². The molecule has 1 saturated heterocycles. The summed E-state index contributed by atoms with van der Waals surface area (Å²) >= 11 is 6.35. The summed E-state index contributed by atoms with van der Waals surface area (Å²) in [7, 11) is 0. The summed E-state index contributed by atoms with van der Waals surface area (Å²) in [6.07, 6.45) is 2.54. The number of hydrogen-bond acceptors (Lipinski definition) is 1. The molecule has 0 bridgehead atoms. The van der Waals surface area contributed by atoms with Gasteiger partial charge in [0, 0.05) is 6.54 Å². The first-order chi connectivity index (χ1) is 7.66. The Morgan fingerprint density at radius 3 is 2.69 bits per heavy atom. The van der Waals surface area contributed by atoms with Crippen LogP contribution in [0.5, 0.6) is 0 Å². The zero-order chi connectivity index (χ0) is 11.5. The molecule has 1 aromatic rings. The summed E-state index contributed by atoms with van der Waals surface area (Å²) in [5.41, 5.74) is 1.69. The minimum absolute atomic E-state index is 0.0302. The van der Waals surface area contributed by atoms with Crippen LogP contribution < -0.4 is 0 Å². The SMILES string of the molecule is Cc1cc(C(Cl)CN2CCCC2)ccc1F. The molecule has 1 aliphatic heterocycles. The summed E-state index contributed by atoms with van der Waals surface area (Å²) in [6.45, 7) is 4.93. The number of alkyl halides is 1. The molecular weight excluding hydrogens is 225 g/mol. The maximum atomic E-state index is 13.1. The molecule has 1 fully saturated rings. The van der Waals surface area contributed by atoms with Gasteiger partial charge in [0.2, 0.25) is 0 Å². The Labute approximate surface area is 101 Å². The van der Waals surface area contributed by atoms with Crippen LogP contribution in [0.25, 0.3) is 0 Å². The molecule has 0 aromatic heterocycles. The van der Waals surface area contributed by atoms with E-state index in [1.807, 2.05) is 6.07 Å². The minimum atomic E-state index is -0.159. The van der Waals surface area contributed by atoms with Crippen molar-refractivity contribution in [3.63, 3.8) is 0 Å². The predicted octanol–water partition coefficient (Wildman–Crippen LogP) is 3.51. The first-order valence-electron chi connectivity index (χ1n) is 5.79. The van der Waals surface area contributed by atoms with Gasteiger partial charge in [-0.2, -0.15) is 0 Å². The average Bonchev–Trinajstić information content (AvgIpc) is 2.74. The van der Waals surface area contributed by atoms with E-state index in [2.05, 4.69) is 4.90 Å². The maximum Gasteiger partial charge on any atom is 0.126 e. The number of halogens is 2. The van der Waals surface area contributed by atoms with Crippen molar-refractivity contribution < 1.29 is 4.39 Å². The molecule has 2 rings (SSSR count). The molecule has 0 aliphatic carbocycles. The third kappa shape index (κ3) is 2.74. The van der Waals surface area contributed by atoms with Gasteiger partial charge in [0.15, 0.2) is 0 Å². The number of nitrogens with zero attached hydrogens (tertiary/aromatic N) is 1. The number of rotatable bonds is 3. The average molecular weight is 242 g/mol. The first kappa shape index (κ1) is 11.9. The smallest absolute Gasteiger partial charge is 0.126 e. The molecule has 1 unspecified atom stereocenters. The van der Waals surface area contributed by atoms with Crippen molar-refractivity contribution in [3.05, 3.63) is 35.1 Å². The highest BCUT2D eigenvalue weighted by molar-refractivity contribution is 6.21. The zero-order valence-corrected chi connectivity index (χ0v) is 10.3. The van der Waals surface area contributed by atoms with Gasteiger partial charge >= 0.3 is 0 Å². The van der Waals surface area contributed by atoms with Crippen LogP contribution in [-0.2, 0) is 0 Å². The van der Waals surface area contributed by atoms with Crippen LogP contribution >= 0.6 is 11.6 Å². The molecule has 0 saturated carbocycles. The molecular formula is C13H17ClFN. The lowest BCUT2D eigenvalue weighted by molar-refractivity contribution is 0.339. The van der Waals surface area contributed by atoms with Gasteiger partial charge in [0.25, 0.3) is 0 Å². The Balaban J connectivity index is 2.02. The molecule has 16 heavy (non-hydrogen) atoms. The second kappa shape index (κ2) is 5.15. The second-order valence-corrected chi connectivity index (χ2v) is 5.01. The van der Waals surface area contributed by atoms with Crippen LogP contribution in [-0.4, -0.2) is 24.5 Å². The van der Waals surface area contributed by atoms with Gasteiger partial charge in [-0.3, -0.25) is 0 Å². The van der Waals surface area contributed by atoms with E-state index in [1.165, 1.54) is 18.9 Å². The Bertz CT molecular complexity index is 361. The van der Waals surface area contributed by atoms with E-state index in [0.29, 0.717) is 5.56 Å². The standard InChI is InChI=1S/C13H17ClFN/c1-10-8-11(4-5-13(10)15)12(14)9-16-6-2-3-7-16/h4-5,8,12H,2-3,6-7,9H2,1H3. The number of benzene rings is 1. The summed E-state index contributed by atoms with van der Waals surface area (Å²) in [5.74, 6) is -0.159. The van der Waals surface area contributed by atoms with Crippen molar-refractivity contribution in [1.29, 1.82) is 0 Å². The Hall–Kier alpha value is -0.600. The molecule has 1 aromatic carbocycles. The van der Waals surface area contributed by atoms with Gasteiger partial charge in [-0.15, -0.1) is 11.6 Å². The Kier molecular flexibility index (Phi) is 3.82. The van der Waals surface area contributed by atoms with E-state index in [9.17, 15) is 4.39 Å². The van der Waals surface area contributed by atoms with Gasteiger partial charge in [0.05, 0.1) is 5.38 Å². The van der Waals surface area contributed by atoms with Crippen molar-refractivity contribution in [2.24, 2.45) is 0 Å². The highest BCUT2D eigenvalue weighted by atomic mass is 35.5. The summed E-state index contributed by atoms with van der Waals surface area (Å²) in [4.78, 5) is 2.37. The topological polar surface area (TPSA) is 3.24 Å². The molecule has 1 nitrogen and oxygen atoms in total. The molecule has 0 amide bonds. The molecule has 88 valence electrons. The van der Waals surface area contributed by atoms with E-state index in [-0.39, 0.29) is 11.2 Å². The number of aryl methyl sites for hydroxylation is 1. The van der Waals surface area contributed by atoms with E-state index in [0.717, 1.165) is 25.2 Å². The first-order valence-corrected chi connectivity index (χ1v) is 6.23. The molecule has 3 heteroatoms. The van der Waals surface area contributed by atoms with E-state index in [4.69, 9.17) is 11.6 Å². The fourth-order valence-corrected chi connectivity index (χ4v) is 2.49. The predicted molar refractivity (Wildman–Crippen MR) is 65.4 cm³/mol. The van der Waals surface area contributed by atoms with Gasteiger partial charge in [-0.25, -0.2) is 4.39 Å². The molecule has 1 aliphatic rings. The number of likely N-dealkylation sites (tertiary alicyclic amines) is 1. The monoisotopic (exact) mass is 241 g/mol. The third-order valence-corrected chi connectivity index (χ3v) is 3.55. The van der Waals surface area contributed by atoms with Crippen molar-refractivity contribution in [1.82, 2.24) is 4.90 Å². The quantitative estimate of drug-likeness (QED) is 0.732. The van der Waals surface area contributed by atoms with Gasteiger partial charge in [-0.05, 0) is 50.0 Å². The summed E-state index contributed by atoms with van der Waals surface area (Å²) in [6, 6.07) is 5.14. The molecule has 0 spiro atoms. The zero-order valence-electron chi connectivity index (χ0n) is 9.55. The van der Waals surface area contributed by atoms with E-state index >= 15 is 0 Å². The Morgan fingerprint density at radius 1 is 1.38 bits per heavy atom. The third-order valence-electron chi connectivity index (χ3n) is 3.16. The van der Waals surface area contributed by atoms with Gasteiger partial charge in [-0.1, -0.05) is 12.1 Å². The normalized spacial score (nSPS) is 18.9. The van der Waals surface area contributed by atoms with Crippen molar-refractivity contribution in [2.45, 2.75) is 25.1 Å². The fourth-order valence-electron chi connectivity index (χ4n) is 2.16. The van der Waals surface area contributed by atoms with Gasteiger partial charge < -0.3 is 4.90 Å². The molecule has 1 heterocycles. The lowest BCUT2D eigenvalue weighted by atomic mass is 10.1. The maximum absolute atomic E-state index is 13.1. The van der Waals surface area contributed by atoms with Crippen LogP contribution in [0.1, 0.15) is 29.3 Å². The summed E-state index contributed by atoms with van der Waals surface area (Å²) in [5, 5.41) is -0.0302. The largest absolute Gasteiger partial charge is 0.302 e. The highest BCUT2D eigenvalue weighted by Gasteiger charge is 2.17. The van der Waals surface area contributed by atoms with E-state index in [1.54, 1.807) is 13.0 Å². The Morgan fingerprint density at radius 2 is 2.06 bits per heavy atom. The van der Waals surface area contributed by atoms with Crippen LogP contribution in [0.4, 0.5) is 4.39 Å². The van der Waals surface area contributed by atoms with Crippen molar-refractivity contribution in [3.8, 4) is 0 Å². The van der Waals surface area contributed by atoms with Crippen LogP contribution in [0.2, 0.25) is 0 Å². The van der Waals surface area contributed by atoms with Crippen molar-refractivity contribution in [2.75, 3.05) is 19.6 Å². The number of hydrogen-bond donors (Lipinski definition) is 0. The van der Waals surface area contributed by atoms with Crippen LogP contribution in [0.15, 0.2) is 18.2 Å². The van der Waals surface area contributed by atoms with Crippen LogP contribution in [0, 0.1) is 12.7 Å². The van der Waals surface area contributed by atoms with E-state index < -0.39 is 0 Å². The van der Waals surface area contributed by atoms with Crippen LogP contribution in [0.3, 0.4) is 0 Å².